The average Bonchev–Trinajstić information content (AvgIpc) is 2.56. The number of hydrogen-bond acceptors (Lipinski definition) is 3. The van der Waals surface area contributed by atoms with Crippen LogP contribution in [0.15, 0.2) is 12.4 Å². The van der Waals surface area contributed by atoms with E-state index in [4.69, 9.17) is 0 Å². The topological polar surface area (TPSA) is 37.8 Å². The van der Waals surface area contributed by atoms with Gasteiger partial charge in [0.15, 0.2) is 5.82 Å². The largest absolute Gasteiger partial charge is 0.349 e. The molecule has 0 spiro atoms. The molecule has 2 atom stereocenters. The summed E-state index contributed by atoms with van der Waals surface area (Å²) in [6.07, 6.45) is 3.53. The van der Waals surface area contributed by atoms with Crippen LogP contribution in [0.25, 0.3) is 0 Å². The van der Waals surface area contributed by atoms with Crippen molar-refractivity contribution in [3.05, 3.63) is 18.2 Å². The number of alkyl halides is 1. The first-order chi connectivity index (χ1) is 6.75. The van der Waals surface area contributed by atoms with Crippen LogP contribution in [0, 0.1) is 5.82 Å². The lowest BCUT2D eigenvalue weighted by Gasteiger charge is -2.13. The molecule has 0 bridgehead atoms. The molecule has 0 aromatic carbocycles. The van der Waals surface area contributed by atoms with Crippen molar-refractivity contribution in [2.75, 3.05) is 5.32 Å². The zero-order chi connectivity index (χ0) is 9.97. The molecule has 2 rings (SSSR count). The highest BCUT2D eigenvalue weighted by molar-refractivity contribution is 5.25. The highest BCUT2D eigenvalue weighted by Crippen LogP contribution is 2.24. The van der Waals surface area contributed by atoms with E-state index in [-0.39, 0.29) is 6.04 Å². The molecule has 0 radical (unpaired) electrons. The van der Waals surface area contributed by atoms with E-state index in [0.29, 0.717) is 12.4 Å². The van der Waals surface area contributed by atoms with Gasteiger partial charge in [0.2, 0.25) is 5.95 Å². The van der Waals surface area contributed by atoms with E-state index in [1.165, 1.54) is 0 Å². The van der Waals surface area contributed by atoms with Crippen molar-refractivity contribution in [1.29, 1.82) is 0 Å². The minimum absolute atomic E-state index is 0.222. The standard InChI is InChI=1S/C9H11F2N3/c10-6-4-12-9(13-5-6)14-8-3-1-2-7(8)11/h4-5,7-8H,1-3H2,(H,12,13,14)/t7-,8-/m1/s1. The second-order valence-electron chi connectivity index (χ2n) is 3.42. The lowest BCUT2D eigenvalue weighted by molar-refractivity contribution is 0.323. The minimum Gasteiger partial charge on any atom is -0.349 e. The van der Waals surface area contributed by atoms with E-state index < -0.39 is 12.0 Å². The van der Waals surface area contributed by atoms with E-state index in [1.54, 1.807) is 0 Å². The molecule has 3 nitrogen and oxygen atoms in total. The van der Waals surface area contributed by atoms with Gasteiger partial charge in [0.05, 0.1) is 18.4 Å². The van der Waals surface area contributed by atoms with Gasteiger partial charge in [-0.1, -0.05) is 0 Å². The summed E-state index contributed by atoms with van der Waals surface area (Å²) in [6.45, 7) is 0. The van der Waals surface area contributed by atoms with E-state index in [1.807, 2.05) is 0 Å². The summed E-state index contributed by atoms with van der Waals surface area (Å²) in [6, 6.07) is -0.222. The quantitative estimate of drug-likeness (QED) is 0.790. The van der Waals surface area contributed by atoms with Crippen LogP contribution in [0.1, 0.15) is 19.3 Å². The van der Waals surface area contributed by atoms with Crippen LogP contribution in [-0.4, -0.2) is 22.2 Å². The van der Waals surface area contributed by atoms with Gasteiger partial charge in [-0.25, -0.2) is 18.7 Å². The molecule has 1 aliphatic carbocycles. The fourth-order valence-corrected chi connectivity index (χ4v) is 1.63. The zero-order valence-electron chi connectivity index (χ0n) is 7.58. The monoisotopic (exact) mass is 199 g/mol. The second-order valence-corrected chi connectivity index (χ2v) is 3.42. The molecule has 76 valence electrons. The van der Waals surface area contributed by atoms with Gasteiger partial charge in [0, 0.05) is 0 Å². The van der Waals surface area contributed by atoms with Crippen LogP contribution in [0.3, 0.4) is 0 Å². The summed E-state index contributed by atoms with van der Waals surface area (Å²) in [5, 5.41) is 2.85. The van der Waals surface area contributed by atoms with Gasteiger partial charge in [-0.05, 0) is 19.3 Å². The first kappa shape index (κ1) is 9.30. The maximum Gasteiger partial charge on any atom is 0.223 e. The molecule has 1 aromatic heterocycles. The molecule has 1 N–H and O–H groups in total. The Morgan fingerprint density at radius 2 is 2.00 bits per heavy atom. The summed E-state index contributed by atoms with van der Waals surface area (Å²) in [5.41, 5.74) is 0. The third kappa shape index (κ3) is 1.97. The Kier molecular flexibility index (Phi) is 2.56. The van der Waals surface area contributed by atoms with Crippen LogP contribution in [0.2, 0.25) is 0 Å². The molecule has 1 aromatic rings. The fraction of sp³-hybridized carbons (Fsp3) is 0.556. The number of rotatable bonds is 2. The molecule has 0 unspecified atom stereocenters. The van der Waals surface area contributed by atoms with Crippen LogP contribution >= 0.6 is 0 Å². The van der Waals surface area contributed by atoms with Crippen molar-refractivity contribution in [2.45, 2.75) is 31.5 Å². The van der Waals surface area contributed by atoms with Crippen LogP contribution in [0.5, 0.6) is 0 Å². The molecular weight excluding hydrogens is 188 g/mol. The van der Waals surface area contributed by atoms with Crippen molar-refractivity contribution >= 4 is 5.95 Å². The number of anilines is 1. The molecule has 14 heavy (non-hydrogen) atoms. The minimum atomic E-state index is -0.844. The van der Waals surface area contributed by atoms with Gasteiger partial charge in [0.1, 0.15) is 6.17 Å². The van der Waals surface area contributed by atoms with E-state index in [0.717, 1.165) is 25.2 Å². The predicted octanol–water partition coefficient (Wildman–Crippen LogP) is 1.92. The maximum absolute atomic E-state index is 13.2. The molecular formula is C9H11F2N3. The van der Waals surface area contributed by atoms with Crippen molar-refractivity contribution in [3.8, 4) is 0 Å². The second kappa shape index (κ2) is 3.86. The lowest BCUT2D eigenvalue weighted by Crippen LogP contribution is -2.25. The van der Waals surface area contributed by atoms with Gasteiger partial charge in [-0.15, -0.1) is 0 Å². The average molecular weight is 199 g/mol. The highest BCUT2D eigenvalue weighted by Gasteiger charge is 2.27. The number of halogens is 2. The number of aromatic nitrogens is 2. The van der Waals surface area contributed by atoms with Crippen LogP contribution in [-0.2, 0) is 0 Å². The number of nitrogens with one attached hydrogen (secondary N) is 1. The first-order valence-electron chi connectivity index (χ1n) is 4.64. The fourth-order valence-electron chi connectivity index (χ4n) is 1.63. The van der Waals surface area contributed by atoms with Gasteiger partial charge in [-0.2, -0.15) is 0 Å². The first-order valence-corrected chi connectivity index (χ1v) is 4.64. The summed E-state index contributed by atoms with van der Waals surface area (Å²) in [4.78, 5) is 7.42. The Hall–Kier alpha value is -1.26. The van der Waals surface area contributed by atoms with E-state index in [9.17, 15) is 8.78 Å². The highest BCUT2D eigenvalue weighted by atomic mass is 19.1. The molecule has 1 aliphatic rings. The Morgan fingerprint density at radius 1 is 1.29 bits per heavy atom. The summed E-state index contributed by atoms with van der Waals surface area (Å²) in [7, 11) is 0. The third-order valence-electron chi connectivity index (χ3n) is 2.37. The smallest absolute Gasteiger partial charge is 0.223 e. The van der Waals surface area contributed by atoms with Crippen molar-refractivity contribution in [3.63, 3.8) is 0 Å². The van der Waals surface area contributed by atoms with Crippen molar-refractivity contribution < 1.29 is 8.78 Å². The Bertz CT molecular complexity index is 301. The van der Waals surface area contributed by atoms with Crippen LogP contribution < -0.4 is 5.32 Å². The van der Waals surface area contributed by atoms with E-state index >= 15 is 0 Å². The van der Waals surface area contributed by atoms with Crippen molar-refractivity contribution in [2.24, 2.45) is 0 Å². The van der Waals surface area contributed by atoms with Gasteiger partial charge in [-0.3, -0.25) is 0 Å². The van der Waals surface area contributed by atoms with Gasteiger partial charge < -0.3 is 5.32 Å². The maximum atomic E-state index is 13.2. The summed E-state index contributed by atoms with van der Waals surface area (Å²) in [5.74, 6) is -0.195. The van der Waals surface area contributed by atoms with Gasteiger partial charge >= 0.3 is 0 Å². The Labute approximate surface area is 80.6 Å². The molecule has 0 amide bonds. The molecule has 0 aliphatic heterocycles. The molecule has 0 saturated heterocycles. The van der Waals surface area contributed by atoms with Crippen molar-refractivity contribution in [1.82, 2.24) is 9.97 Å². The molecule has 5 heteroatoms. The Morgan fingerprint density at radius 3 is 2.57 bits per heavy atom. The zero-order valence-corrected chi connectivity index (χ0v) is 7.58. The lowest BCUT2D eigenvalue weighted by atomic mass is 10.2. The van der Waals surface area contributed by atoms with Crippen LogP contribution in [0.4, 0.5) is 14.7 Å². The summed E-state index contributed by atoms with van der Waals surface area (Å²) < 4.78 is 25.6. The SMILES string of the molecule is Fc1cnc(N[C@@H]2CCC[C@H]2F)nc1. The summed E-state index contributed by atoms with van der Waals surface area (Å²) >= 11 is 0. The molecule has 1 saturated carbocycles. The molecule has 1 fully saturated rings. The van der Waals surface area contributed by atoms with Gasteiger partial charge in [0.25, 0.3) is 0 Å². The predicted molar refractivity (Wildman–Crippen MR) is 48.1 cm³/mol. The van der Waals surface area contributed by atoms with E-state index in [2.05, 4.69) is 15.3 Å². The number of nitrogens with zero attached hydrogens (tertiary/aromatic N) is 2. The normalized spacial score (nSPS) is 26.4. The third-order valence-corrected chi connectivity index (χ3v) is 2.37. The Balaban J connectivity index is 2.00. The number of hydrogen-bond donors (Lipinski definition) is 1. The molecule has 1 heterocycles.